The molecule has 0 radical (unpaired) electrons. The van der Waals surface area contributed by atoms with E-state index in [0.717, 1.165) is 21.5 Å². The van der Waals surface area contributed by atoms with Crippen LogP contribution in [0, 0.1) is 5.92 Å². The van der Waals surface area contributed by atoms with Gasteiger partial charge in [-0.2, -0.15) is 0 Å². The van der Waals surface area contributed by atoms with Crippen LogP contribution in [0.3, 0.4) is 0 Å². The van der Waals surface area contributed by atoms with E-state index in [-0.39, 0.29) is 5.92 Å². The summed E-state index contributed by atoms with van der Waals surface area (Å²) >= 11 is 1.48. The lowest BCUT2D eigenvalue weighted by atomic mass is 10.1. The first-order valence-corrected chi connectivity index (χ1v) is 7.44. The van der Waals surface area contributed by atoms with Gasteiger partial charge in [-0.3, -0.25) is 4.79 Å². The maximum atomic E-state index is 11.0. The summed E-state index contributed by atoms with van der Waals surface area (Å²) < 4.78 is 5.13. The van der Waals surface area contributed by atoms with Gasteiger partial charge in [0.25, 0.3) is 0 Å². The zero-order valence-corrected chi connectivity index (χ0v) is 12.3. The van der Waals surface area contributed by atoms with Crippen molar-refractivity contribution in [3.05, 3.63) is 24.3 Å². The molecule has 6 nitrogen and oxygen atoms in total. The van der Waals surface area contributed by atoms with E-state index in [9.17, 15) is 4.79 Å². The van der Waals surface area contributed by atoms with E-state index in [4.69, 9.17) is 9.84 Å². The van der Waals surface area contributed by atoms with E-state index >= 15 is 0 Å². The first kappa shape index (κ1) is 13.8. The number of anilines is 1. The predicted octanol–water partition coefficient (Wildman–Crippen LogP) is 2.12. The Morgan fingerprint density at radius 2 is 2.14 bits per heavy atom. The molecule has 0 aliphatic carbocycles. The zero-order valence-electron chi connectivity index (χ0n) is 11.5. The molecule has 0 saturated carbocycles. The minimum absolute atomic E-state index is 0.307. The molecule has 2 heterocycles. The number of methoxy groups -OCH3 is 1. The number of hydrogen-bond donors (Lipinski definition) is 1. The van der Waals surface area contributed by atoms with Crippen LogP contribution in [-0.2, 0) is 4.79 Å². The molecule has 1 aliphatic rings. The van der Waals surface area contributed by atoms with E-state index < -0.39 is 5.97 Å². The number of benzene rings is 1. The van der Waals surface area contributed by atoms with Crippen LogP contribution in [-0.4, -0.2) is 41.5 Å². The summed E-state index contributed by atoms with van der Waals surface area (Å²) in [4.78, 5) is 13.0. The Balaban J connectivity index is 1.75. The van der Waals surface area contributed by atoms with Gasteiger partial charge in [-0.25, -0.2) is 0 Å². The van der Waals surface area contributed by atoms with Gasteiger partial charge in [0, 0.05) is 18.7 Å². The number of rotatable bonds is 4. The molecule has 1 fully saturated rings. The van der Waals surface area contributed by atoms with Gasteiger partial charge in [0.15, 0.2) is 0 Å². The highest BCUT2D eigenvalue weighted by atomic mass is 32.1. The van der Waals surface area contributed by atoms with Crippen molar-refractivity contribution in [3.63, 3.8) is 0 Å². The maximum absolute atomic E-state index is 11.0. The fourth-order valence-electron chi connectivity index (χ4n) is 2.33. The van der Waals surface area contributed by atoms with Crippen LogP contribution in [0.4, 0.5) is 5.13 Å². The van der Waals surface area contributed by atoms with Crippen molar-refractivity contribution in [2.75, 3.05) is 25.1 Å². The Bertz CT molecular complexity index is 641. The molecule has 1 aliphatic heterocycles. The molecule has 1 aromatic carbocycles. The molecular formula is C14H15N3O3S. The van der Waals surface area contributed by atoms with Crippen molar-refractivity contribution in [1.82, 2.24) is 10.2 Å². The normalized spacial score (nSPS) is 18.0. The number of aromatic nitrogens is 2. The number of aliphatic carboxylic acids is 1. The molecule has 110 valence electrons. The molecule has 1 atom stereocenters. The summed E-state index contributed by atoms with van der Waals surface area (Å²) in [7, 11) is 1.63. The Hall–Kier alpha value is -2.15. The number of nitrogens with zero attached hydrogens (tertiary/aromatic N) is 3. The molecule has 1 unspecified atom stereocenters. The van der Waals surface area contributed by atoms with Gasteiger partial charge in [0.2, 0.25) is 5.13 Å². The number of ether oxygens (including phenoxy) is 1. The molecule has 7 heteroatoms. The van der Waals surface area contributed by atoms with Crippen LogP contribution in [0.2, 0.25) is 0 Å². The van der Waals surface area contributed by atoms with E-state index in [2.05, 4.69) is 10.2 Å². The summed E-state index contributed by atoms with van der Waals surface area (Å²) in [6.07, 6.45) is 0.660. The molecule has 2 aromatic rings. The van der Waals surface area contributed by atoms with Crippen molar-refractivity contribution in [3.8, 4) is 16.3 Å². The first-order chi connectivity index (χ1) is 10.2. The second kappa shape index (κ2) is 5.69. The third-order valence-electron chi connectivity index (χ3n) is 3.56. The van der Waals surface area contributed by atoms with Gasteiger partial charge in [-0.1, -0.05) is 11.3 Å². The minimum atomic E-state index is -0.739. The smallest absolute Gasteiger partial charge is 0.308 e. The highest BCUT2D eigenvalue weighted by Gasteiger charge is 2.29. The molecule has 0 bridgehead atoms. The molecule has 0 spiro atoms. The third kappa shape index (κ3) is 2.82. The lowest BCUT2D eigenvalue weighted by Gasteiger charge is -2.12. The Morgan fingerprint density at radius 1 is 1.38 bits per heavy atom. The van der Waals surface area contributed by atoms with Crippen LogP contribution in [0.1, 0.15) is 6.42 Å². The minimum Gasteiger partial charge on any atom is -0.497 e. The standard InChI is InChI=1S/C14H15N3O3S/c1-20-11-4-2-9(3-5-11)12-15-16-14(21-12)17-7-6-10(8-17)13(18)19/h2-5,10H,6-8H2,1H3,(H,18,19). The summed E-state index contributed by atoms with van der Waals surface area (Å²) in [5, 5.41) is 19.0. The van der Waals surface area contributed by atoms with Gasteiger partial charge in [-0.15, -0.1) is 10.2 Å². The van der Waals surface area contributed by atoms with Crippen molar-refractivity contribution in [2.45, 2.75) is 6.42 Å². The average molecular weight is 305 g/mol. The van der Waals surface area contributed by atoms with E-state index in [1.165, 1.54) is 11.3 Å². The molecule has 1 aromatic heterocycles. The second-order valence-electron chi connectivity index (χ2n) is 4.89. The maximum Gasteiger partial charge on any atom is 0.308 e. The molecular weight excluding hydrogens is 290 g/mol. The monoisotopic (exact) mass is 305 g/mol. The van der Waals surface area contributed by atoms with Gasteiger partial charge in [0.05, 0.1) is 13.0 Å². The number of carboxylic acids is 1. The summed E-state index contributed by atoms with van der Waals surface area (Å²) in [6, 6.07) is 7.64. The zero-order chi connectivity index (χ0) is 14.8. The highest BCUT2D eigenvalue weighted by Crippen LogP contribution is 2.32. The van der Waals surface area contributed by atoms with Crippen LogP contribution in [0.15, 0.2) is 24.3 Å². The largest absolute Gasteiger partial charge is 0.497 e. The van der Waals surface area contributed by atoms with Crippen LogP contribution >= 0.6 is 11.3 Å². The van der Waals surface area contributed by atoms with Crippen molar-refractivity contribution in [1.29, 1.82) is 0 Å². The first-order valence-electron chi connectivity index (χ1n) is 6.63. The van der Waals surface area contributed by atoms with Gasteiger partial charge < -0.3 is 14.7 Å². The van der Waals surface area contributed by atoms with Crippen molar-refractivity contribution < 1.29 is 14.6 Å². The lowest BCUT2D eigenvalue weighted by molar-refractivity contribution is -0.140. The van der Waals surface area contributed by atoms with E-state index in [0.29, 0.717) is 19.5 Å². The summed E-state index contributed by atoms with van der Waals surface area (Å²) in [5.74, 6) is -0.247. The Labute approximate surface area is 126 Å². The quantitative estimate of drug-likeness (QED) is 0.932. The third-order valence-corrected chi connectivity index (χ3v) is 4.59. The van der Waals surface area contributed by atoms with Crippen LogP contribution in [0.25, 0.3) is 10.6 Å². The second-order valence-corrected chi connectivity index (χ2v) is 5.84. The predicted molar refractivity (Wildman–Crippen MR) is 79.9 cm³/mol. The number of carbonyl (C=O) groups is 1. The SMILES string of the molecule is COc1ccc(-c2nnc(N3CCC(C(=O)O)C3)s2)cc1. The number of hydrogen-bond acceptors (Lipinski definition) is 6. The topological polar surface area (TPSA) is 75.6 Å². The van der Waals surface area contributed by atoms with Crippen LogP contribution in [0.5, 0.6) is 5.75 Å². The highest BCUT2D eigenvalue weighted by molar-refractivity contribution is 7.18. The fraction of sp³-hybridized carbons (Fsp3) is 0.357. The van der Waals surface area contributed by atoms with Crippen molar-refractivity contribution in [2.24, 2.45) is 5.92 Å². The van der Waals surface area contributed by atoms with E-state index in [1.54, 1.807) is 7.11 Å². The van der Waals surface area contributed by atoms with Gasteiger partial charge in [-0.05, 0) is 30.7 Å². The Morgan fingerprint density at radius 3 is 2.76 bits per heavy atom. The molecule has 1 N–H and O–H groups in total. The molecule has 3 rings (SSSR count). The number of carboxylic acid groups (broad SMARTS) is 1. The summed E-state index contributed by atoms with van der Waals surface area (Å²) in [5.41, 5.74) is 0.980. The Kier molecular flexibility index (Phi) is 3.74. The molecule has 21 heavy (non-hydrogen) atoms. The van der Waals surface area contributed by atoms with Gasteiger partial charge >= 0.3 is 5.97 Å². The molecule has 0 amide bonds. The average Bonchev–Trinajstić information content (AvgIpc) is 3.16. The van der Waals surface area contributed by atoms with Crippen LogP contribution < -0.4 is 9.64 Å². The fourth-order valence-corrected chi connectivity index (χ4v) is 3.21. The van der Waals surface area contributed by atoms with Gasteiger partial charge in [0.1, 0.15) is 10.8 Å². The lowest BCUT2D eigenvalue weighted by Crippen LogP contribution is -2.22. The van der Waals surface area contributed by atoms with Crippen molar-refractivity contribution >= 4 is 22.4 Å². The van der Waals surface area contributed by atoms with E-state index in [1.807, 2.05) is 29.2 Å². The molecule has 1 saturated heterocycles. The summed E-state index contributed by atoms with van der Waals surface area (Å²) in [6.45, 7) is 1.22.